The van der Waals surface area contributed by atoms with Crippen molar-refractivity contribution < 1.29 is 14.3 Å². The zero-order valence-electron chi connectivity index (χ0n) is 15.9. The van der Waals surface area contributed by atoms with Crippen molar-refractivity contribution in [2.75, 3.05) is 7.11 Å². The molecule has 0 aromatic heterocycles. The number of hydrazone groups is 1. The van der Waals surface area contributed by atoms with Crippen molar-refractivity contribution in [2.45, 2.75) is 13.5 Å². The first-order chi connectivity index (χ1) is 13.6. The monoisotopic (exact) mass is 374 g/mol. The number of amides is 1. The second-order valence-electron chi connectivity index (χ2n) is 6.27. The summed E-state index contributed by atoms with van der Waals surface area (Å²) >= 11 is 0. The lowest BCUT2D eigenvalue weighted by molar-refractivity contribution is 0.0955. The van der Waals surface area contributed by atoms with Crippen molar-refractivity contribution in [1.82, 2.24) is 5.43 Å². The van der Waals surface area contributed by atoms with Gasteiger partial charge in [-0.2, -0.15) is 5.10 Å². The quantitative estimate of drug-likeness (QED) is 0.494. The van der Waals surface area contributed by atoms with Crippen LogP contribution in [0.5, 0.6) is 11.5 Å². The van der Waals surface area contributed by atoms with Gasteiger partial charge in [-0.15, -0.1) is 0 Å². The number of carbonyl (C=O) groups is 1. The van der Waals surface area contributed by atoms with E-state index in [1.54, 1.807) is 37.6 Å². The van der Waals surface area contributed by atoms with E-state index >= 15 is 0 Å². The molecule has 3 aromatic carbocycles. The van der Waals surface area contributed by atoms with Crippen LogP contribution in [0.15, 0.2) is 77.9 Å². The number of hydrogen-bond acceptors (Lipinski definition) is 4. The van der Waals surface area contributed by atoms with Crippen LogP contribution in [0.2, 0.25) is 0 Å². The van der Waals surface area contributed by atoms with Crippen molar-refractivity contribution in [3.8, 4) is 11.5 Å². The smallest absolute Gasteiger partial charge is 0.271 e. The Morgan fingerprint density at radius 1 is 0.929 bits per heavy atom. The Morgan fingerprint density at radius 3 is 2.21 bits per heavy atom. The number of carbonyl (C=O) groups excluding carboxylic acids is 1. The highest BCUT2D eigenvalue weighted by Gasteiger charge is 2.04. The van der Waals surface area contributed by atoms with Crippen LogP contribution in [0.3, 0.4) is 0 Å². The first-order valence-electron chi connectivity index (χ1n) is 8.90. The van der Waals surface area contributed by atoms with Crippen LogP contribution in [0, 0.1) is 6.92 Å². The number of ether oxygens (including phenoxy) is 2. The summed E-state index contributed by atoms with van der Waals surface area (Å²) in [5, 5.41) is 3.98. The summed E-state index contributed by atoms with van der Waals surface area (Å²) in [4.78, 5) is 12.2. The average Bonchev–Trinajstić information content (AvgIpc) is 2.74. The highest BCUT2D eigenvalue weighted by Crippen LogP contribution is 2.15. The summed E-state index contributed by atoms with van der Waals surface area (Å²) in [5.41, 5.74) is 6.20. The Balaban J connectivity index is 1.51. The molecule has 0 aliphatic heterocycles. The van der Waals surface area contributed by atoms with Crippen molar-refractivity contribution in [3.05, 3.63) is 95.1 Å². The average molecular weight is 374 g/mol. The van der Waals surface area contributed by atoms with E-state index in [1.807, 2.05) is 36.4 Å². The maximum Gasteiger partial charge on any atom is 0.271 e. The number of benzene rings is 3. The second-order valence-corrected chi connectivity index (χ2v) is 6.27. The van der Waals surface area contributed by atoms with E-state index in [1.165, 1.54) is 5.56 Å². The Bertz CT molecular complexity index is 931. The van der Waals surface area contributed by atoms with Gasteiger partial charge < -0.3 is 9.47 Å². The first-order valence-corrected chi connectivity index (χ1v) is 8.90. The molecule has 0 unspecified atom stereocenters. The molecule has 0 aliphatic carbocycles. The molecule has 0 aliphatic rings. The lowest BCUT2D eigenvalue weighted by Crippen LogP contribution is -2.17. The molecule has 28 heavy (non-hydrogen) atoms. The zero-order valence-corrected chi connectivity index (χ0v) is 15.9. The highest BCUT2D eigenvalue weighted by atomic mass is 16.5. The number of aryl methyl sites for hydroxylation is 1. The number of nitrogens with one attached hydrogen (secondary N) is 1. The van der Waals surface area contributed by atoms with Gasteiger partial charge in [-0.25, -0.2) is 5.43 Å². The molecule has 0 heterocycles. The predicted molar refractivity (Wildman–Crippen MR) is 110 cm³/mol. The van der Waals surface area contributed by atoms with Crippen LogP contribution >= 0.6 is 0 Å². The topological polar surface area (TPSA) is 59.9 Å². The lowest BCUT2D eigenvalue weighted by Gasteiger charge is -2.07. The standard InChI is InChI=1S/C23H22N2O3/c1-17-3-5-19(6-4-17)16-28-22-13-9-20(10-14-22)23(26)25-24-15-18-7-11-21(27-2)12-8-18/h3-15H,16H2,1-2H3,(H,25,26)/b24-15-. The van der Waals surface area contributed by atoms with E-state index in [0.29, 0.717) is 17.9 Å². The summed E-state index contributed by atoms with van der Waals surface area (Å²) in [5.74, 6) is 1.19. The molecule has 0 bridgehead atoms. The van der Waals surface area contributed by atoms with E-state index in [4.69, 9.17) is 9.47 Å². The number of hydrogen-bond donors (Lipinski definition) is 1. The molecule has 3 aromatic rings. The summed E-state index contributed by atoms with van der Waals surface area (Å²) < 4.78 is 10.9. The molecular weight excluding hydrogens is 352 g/mol. The van der Waals surface area contributed by atoms with Gasteiger partial charge in [0.2, 0.25) is 0 Å². The maximum atomic E-state index is 12.2. The third-order valence-electron chi connectivity index (χ3n) is 4.14. The van der Waals surface area contributed by atoms with Gasteiger partial charge in [-0.05, 0) is 66.6 Å². The van der Waals surface area contributed by atoms with E-state index in [0.717, 1.165) is 16.9 Å². The Morgan fingerprint density at radius 2 is 1.57 bits per heavy atom. The predicted octanol–water partition coefficient (Wildman–Crippen LogP) is 4.35. The third-order valence-corrected chi connectivity index (χ3v) is 4.14. The van der Waals surface area contributed by atoms with Crippen LogP contribution in [-0.2, 0) is 6.61 Å². The van der Waals surface area contributed by atoms with Crippen LogP contribution in [0.4, 0.5) is 0 Å². The van der Waals surface area contributed by atoms with Crippen LogP contribution in [0.25, 0.3) is 0 Å². The molecule has 0 spiro atoms. The minimum Gasteiger partial charge on any atom is -0.497 e. The van der Waals surface area contributed by atoms with Gasteiger partial charge >= 0.3 is 0 Å². The second kappa shape index (κ2) is 9.37. The molecular formula is C23H22N2O3. The first kappa shape index (κ1) is 19.2. The van der Waals surface area contributed by atoms with Crippen molar-refractivity contribution in [3.63, 3.8) is 0 Å². The maximum absolute atomic E-state index is 12.2. The van der Waals surface area contributed by atoms with Gasteiger partial charge in [0.05, 0.1) is 13.3 Å². The summed E-state index contributed by atoms with van der Waals surface area (Å²) in [7, 11) is 1.61. The summed E-state index contributed by atoms with van der Waals surface area (Å²) in [6.07, 6.45) is 1.58. The molecule has 1 N–H and O–H groups in total. The van der Waals surface area contributed by atoms with E-state index in [9.17, 15) is 4.79 Å². The van der Waals surface area contributed by atoms with Crippen LogP contribution in [0.1, 0.15) is 27.0 Å². The zero-order chi connectivity index (χ0) is 19.8. The van der Waals surface area contributed by atoms with Gasteiger partial charge in [-0.1, -0.05) is 29.8 Å². The molecule has 0 radical (unpaired) electrons. The van der Waals surface area contributed by atoms with E-state index < -0.39 is 0 Å². The fourth-order valence-electron chi connectivity index (χ4n) is 2.47. The van der Waals surface area contributed by atoms with Crippen LogP contribution < -0.4 is 14.9 Å². The third kappa shape index (κ3) is 5.45. The minimum absolute atomic E-state index is 0.283. The Hall–Kier alpha value is -3.60. The Labute approximate surface area is 164 Å². The Kier molecular flexibility index (Phi) is 6.41. The van der Waals surface area contributed by atoms with Crippen molar-refractivity contribution in [1.29, 1.82) is 0 Å². The molecule has 0 saturated heterocycles. The van der Waals surface area contributed by atoms with Crippen molar-refractivity contribution >= 4 is 12.1 Å². The van der Waals surface area contributed by atoms with Gasteiger partial charge in [-0.3, -0.25) is 4.79 Å². The van der Waals surface area contributed by atoms with Gasteiger partial charge in [0.25, 0.3) is 5.91 Å². The molecule has 1 amide bonds. The SMILES string of the molecule is COc1ccc(/C=N\NC(=O)c2ccc(OCc3ccc(C)cc3)cc2)cc1. The van der Waals surface area contributed by atoms with E-state index in [2.05, 4.69) is 29.6 Å². The summed E-state index contributed by atoms with van der Waals surface area (Å²) in [6, 6.07) is 22.5. The largest absolute Gasteiger partial charge is 0.497 e. The minimum atomic E-state index is -0.283. The molecule has 0 saturated carbocycles. The molecule has 0 fully saturated rings. The fraction of sp³-hybridized carbons (Fsp3) is 0.130. The lowest BCUT2D eigenvalue weighted by atomic mass is 10.2. The molecule has 5 nitrogen and oxygen atoms in total. The van der Waals surface area contributed by atoms with Crippen molar-refractivity contribution in [2.24, 2.45) is 5.10 Å². The van der Waals surface area contributed by atoms with Crippen LogP contribution in [-0.4, -0.2) is 19.2 Å². The van der Waals surface area contributed by atoms with Gasteiger partial charge in [0.1, 0.15) is 18.1 Å². The molecule has 142 valence electrons. The normalized spacial score (nSPS) is 10.6. The van der Waals surface area contributed by atoms with Gasteiger partial charge in [0.15, 0.2) is 0 Å². The highest BCUT2D eigenvalue weighted by molar-refractivity contribution is 5.95. The number of methoxy groups -OCH3 is 1. The number of nitrogens with zero attached hydrogens (tertiary/aromatic N) is 1. The van der Waals surface area contributed by atoms with E-state index in [-0.39, 0.29) is 5.91 Å². The number of rotatable bonds is 7. The summed E-state index contributed by atoms with van der Waals surface area (Å²) in [6.45, 7) is 2.54. The fourth-order valence-corrected chi connectivity index (χ4v) is 2.47. The van der Waals surface area contributed by atoms with Gasteiger partial charge in [0, 0.05) is 5.56 Å². The molecule has 0 atom stereocenters. The molecule has 3 rings (SSSR count). The molecule has 5 heteroatoms.